The molecule has 0 atom stereocenters. The van der Waals surface area contributed by atoms with Crippen molar-refractivity contribution >= 4 is 18.1 Å². The molecule has 4 heteroatoms. The molecular formula is C15H24ClFN2. The fourth-order valence-corrected chi connectivity index (χ4v) is 2.65. The fourth-order valence-electron chi connectivity index (χ4n) is 2.65. The van der Waals surface area contributed by atoms with Crippen molar-refractivity contribution in [1.82, 2.24) is 5.32 Å². The minimum atomic E-state index is -0.146. The van der Waals surface area contributed by atoms with Crippen LogP contribution >= 0.6 is 12.4 Å². The second kappa shape index (κ2) is 8.39. The lowest BCUT2D eigenvalue weighted by molar-refractivity contribution is 0.355. The van der Waals surface area contributed by atoms with E-state index in [2.05, 4.69) is 17.1 Å². The summed E-state index contributed by atoms with van der Waals surface area (Å²) in [6.45, 7) is 6.40. The monoisotopic (exact) mass is 286 g/mol. The Morgan fingerprint density at radius 2 is 2.05 bits per heavy atom. The van der Waals surface area contributed by atoms with Crippen LogP contribution in [0.1, 0.15) is 26.2 Å². The number of hydrogen-bond donors (Lipinski definition) is 1. The van der Waals surface area contributed by atoms with Gasteiger partial charge < -0.3 is 10.2 Å². The van der Waals surface area contributed by atoms with Crippen LogP contribution in [0, 0.1) is 11.7 Å². The topological polar surface area (TPSA) is 15.3 Å². The smallest absolute Gasteiger partial charge is 0.125 e. The van der Waals surface area contributed by atoms with Gasteiger partial charge in [-0.25, -0.2) is 4.39 Å². The van der Waals surface area contributed by atoms with Crippen LogP contribution in [0.4, 0.5) is 10.1 Å². The zero-order valence-electron chi connectivity index (χ0n) is 11.6. The van der Waals surface area contributed by atoms with Crippen LogP contribution in [-0.4, -0.2) is 26.2 Å². The summed E-state index contributed by atoms with van der Waals surface area (Å²) in [6, 6.07) is 6.92. The highest BCUT2D eigenvalue weighted by molar-refractivity contribution is 5.85. The molecule has 0 aliphatic carbocycles. The Bertz CT molecular complexity index is 367. The van der Waals surface area contributed by atoms with E-state index in [9.17, 15) is 4.39 Å². The predicted molar refractivity (Wildman–Crippen MR) is 81.7 cm³/mol. The lowest BCUT2D eigenvalue weighted by Gasteiger charge is -2.28. The van der Waals surface area contributed by atoms with E-state index in [-0.39, 0.29) is 18.2 Å². The average molecular weight is 287 g/mol. The van der Waals surface area contributed by atoms with Gasteiger partial charge in [0.2, 0.25) is 0 Å². The zero-order chi connectivity index (χ0) is 12.8. The first kappa shape index (κ1) is 16.3. The van der Waals surface area contributed by atoms with Crippen LogP contribution in [-0.2, 0) is 0 Å². The first-order chi connectivity index (χ1) is 8.79. The normalized spacial score (nSPS) is 15.9. The van der Waals surface area contributed by atoms with E-state index in [4.69, 9.17) is 0 Å². The highest BCUT2D eigenvalue weighted by Gasteiger charge is 2.14. The minimum Gasteiger partial charge on any atom is -0.372 e. The maximum Gasteiger partial charge on any atom is 0.125 e. The van der Waals surface area contributed by atoms with E-state index in [1.54, 1.807) is 12.1 Å². The molecule has 108 valence electrons. The Balaban J connectivity index is 0.00000180. The third-order valence-corrected chi connectivity index (χ3v) is 3.82. The van der Waals surface area contributed by atoms with Crippen LogP contribution in [0.15, 0.2) is 24.3 Å². The van der Waals surface area contributed by atoms with Gasteiger partial charge in [0.15, 0.2) is 0 Å². The van der Waals surface area contributed by atoms with Gasteiger partial charge in [0, 0.05) is 18.8 Å². The van der Waals surface area contributed by atoms with E-state index >= 15 is 0 Å². The molecule has 0 aromatic heterocycles. The Kier molecular flexibility index (Phi) is 7.17. The molecule has 1 aliphatic rings. The van der Waals surface area contributed by atoms with Crippen molar-refractivity contribution in [2.75, 3.05) is 31.1 Å². The van der Waals surface area contributed by atoms with Crippen molar-refractivity contribution in [3.8, 4) is 0 Å². The molecule has 0 saturated carbocycles. The number of nitrogens with zero attached hydrogens (tertiary/aromatic N) is 1. The summed E-state index contributed by atoms with van der Waals surface area (Å²) in [7, 11) is 0. The number of hydrogen-bond acceptors (Lipinski definition) is 2. The standard InChI is InChI=1S/C15H23FN2.ClH/c1-2-18(15-5-3-4-14(16)12-15)11-8-13-6-9-17-10-7-13;/h3-5,12-13,17H,2,6-11H2,1H3;1H. The lowest BCUT2D eigenvalue weighted by atomic mass is 9.94. The van der Waals surface area contributed by atoms with Crippen molar-refractivity contribution in [3.05, 3.63) is 30.1 Å². The van der Waals surface area contributed by atoms with E-state index in [1.807, 2.05) is 6.07 Å². The second-order valence-corrected chi connectivity index (χ2v) is 5.04. The number of anilines is 1. The Hall–Kier alpha value is -0.800. The van der Waals surface area contributed by atoms with E-state index in [0.29, 0.717) is 0 Å². The molecule has 1 aromatic rings. The minimum absolute atomic E-state index is 0. The molecule has 1 fully saturated rings. The molecule has 0 bridgehead atoms. The third kappa shape index (κ3) is 5.00. The van der Waals surface area contributed by atoms with Gasteiger partial charge >= 0.3 is 0 Å². The Labute approximate surface area is 121 Å². The maximum absolute atomic E-state index is 13.2. The zero-order valence-corrected chi connectivity index (χ0v) is 12.4. The van der Waals surface area contributed by atoms with Gasteiger partial charge in [-0.1, -0.05) is 6.07 Å². The lowest BCUT2D eigenvalue weighted by Crippen LogP contribution is -2.31. The van der Waals surface area contributed by atoms with Crippen molar-refractivity contribution < 1.29 is 4.39 Å². The van der Waals surface area contributed by atoms with Gasteiger partial charge in [0.1, 0.15) is 5.82 Å². The van der Waals surface area contributed by atoms with Gasteiger partial charge in [-0.05, 0) is 63.4 Å². The summed E-state index contributed by atoms with van der Waals surface area (Å²) < 4.78 is 13.2. The molecule has 1 aliphatic heterocycles. The molecule has 0 unspecified atom stereocenters. The first-order valence-corrected chi connectivity index (χ1v) is 7.01. The number of nitrogens with one attached hydrogen (secondary N) is 1. The number of rotatable bonds is 5. The van der Waals surface area contributed by atoms with Crippen molar-refractivity contribution in [3.63, 3.8) is 0 Å². The second-order valence-electron chi connectivity index (χ2n) is 5.04. The van der Waals surface area contributed by atoms with Crippen molar-refractivity contribution in [2.45, 2.75) is 26.2 Å². The summed E-state index contributed by atoms with van der Waals surface area (Å²) >= 11 is 0. The summed E-state index contributed by atoms with van der Waals surface area (Å²) in [5.74, 6) is 0.682. The molecule has 0 amide bonds. The number of benzene rings is 1. The molecule has 2 rings (SSSR count). The van der Waals surface area contributed by atoms with E-state index in [1.165, 1.54) is 25.3 Å². The average Bonchev–Trinajstić information content (AvgIpc) is 2.41. The van der Waals surface area contributed by atoms with Crippen molar-refractivity contribution in [2.24, 2.45) is 5.92 Å². The highest BCUT2D eigenvalue weighted by atomic mass is 35.5. The van der Waals surface area contributed by atoms with Gasteiger partial charge in [-0.15, -0.1) is 12.4 Å². The first-order valence-electron chi connectivity index (χ1n) is 7.01. The van der Waals surface area contributed by atoms with Gasteiger partial charge in [0.05, 0.1) is 0 Å². The summed E-state index contributed by atoms with van der Waals surface area (Å²) in [5, 5.41) is 3.39. The highest BCUT2D eigenvalue weighted by Crippen LogP contribution is 2.20. The Morgan fingerprint density at radius 3 is 2.68 bits per heavy atom. The van der Waals surface area contributed by atoms with Gasteiger partial charge in [-0.2, -0.15) is 0 Å². The quantitative estimate of drug-likeness (QED) is 0.892. The molecule has 0 radical (unpaired) electrons. The molecule has 2 nitrogen and oxygen atoms in total. The molecule has 0 spiro atoms. The third-order valence-electron chi connectivity index (χ3n) is 3.82. The molecule has 1 aromatic carbocycles. The summed E-state index contributed by atoms with van der Waals surface area (Å²) in [6.07, 6.45) is 3.77. The van der Waals surface area contributed by atoms with Gasteiger partial charge in [0.25, 0.3) is 0 Å². The molecule has 1 N–H and O–H groups in total. The van der Waals surface area contributed by atoms with Crippen LogP contribution in [0.2, 0.25) is 0 Å². The summed E-state index contributed by atoms with van der Waals surface area (Å²) in [5.41, 5.74) is 1.01. The molecule has 1 heterocycles. The van der Waals surface area contributed by atoms with Crippen LogP contribution < -0.4 is 10.2 Å². The number of halogens is 2. The molecular weight excluding hydrogens is 263 g/mol. The van der Waals surface area contributed by atoms with Crippen LogP contribution in [0.25, 0.3) is 0 Å². The largest absolute Gasteiger partial charge is 0.372 e. The summed E-state index contributed by atoms with van der Waals surface area (Å²) in [4.78, 5) is 2.27. The number of piperidine rings is 1. The van der Waals surface area contributed by atoms with E-state index < -0.39 is 0 Å². The van der Waals surface area contributed by atoms with Gasteiger partial charge in [-0.3, -0.25) is 0 Å². The molecule has 19 heavy (non-hydrogen) atoms. The fraction of sp³-hybridized carbons (Fsp3) is 0.600. The maximum atomic E-state index is 13.2. The Morgan fingerprint density at radius 1 is 1.32 bits per heavy atom. The van der Waals surface area contributed by atoms with Crippen LogP contribution in [0.5, 0.6) is 0 Å². The molecule has 1 saturated heterocycles. The van der Waals surface area contributed by atoms with Crippen LogP contribution in [0.3, 0.4) is 0 Å². The SMILES string of the molecule is CCN(CCC1CCNCC1)c1cccc(F)c1.Cl. The predicted octanol–water partition coefficient (Wildman–Crippen LogP) is 3.46. The van der Waals surface area contributed by atoms with Crippen molar-refractivity contribution in [1.29, 1.82) is 0 Å². The van der Waals surface area contributed by atoms with E-state index in [0.717, 1.165) is 37.8 Å².